The van der Waals surface area contributed by atoms with E-state index in [1.165, 1.54) is 11.3 Å². The van der Waals surface area contributed by atoms with Crippen molar-refractivity contribution in [2.45, 2.75) is 20.0 Å². The van der Waals surface area contributed by atoms with Crippen LogP contribution in [0.1, 0.15) is 13.8 Å². The fourth-order valence-corrected chi connectivity index (χ4v) is 3.22. The predicted octanol–water partition coefficient (Wildman–Crippen LogP) is 4.41. The Bertz CT molecular complexity index is 832. The molecule has 0 fully saturated rings. The van der Waals surface area contributed by atoms with E-state index in [4.69, 9.17) is 26.1 Å². The minimum absolute atomic E-state index is 0.0468. The van der Waals surface area contributed by atoms with Gasteiger partial charge in [-0.15, -0.1) is 16.4 Å². The fraction of sp³-hybridized carbons (Fsp3) is 0.286. The summed E-state index contributed by atoms with van der Waals surface area (Å²) in [5.74, 6) is 2.00. The zero-order valence-corrected chi connectivity index (χ0v) is 13.4. The van der Waals surface area contributed by atoms with Crippen LogP contribution >= 0.6 is 23.6 Å². The van der Waals surface area contributed by atoms with Gasteiger partial charge < -0.3 is 13.9 Å². The average molecular weight is 322 g/mol. The normalized spacial score (nSPS) is 11.2. The molecule has 0 spiro atoms. The van der Waals surface area contributed by atoms with E-state index < -0.39 is 0 Å². The van der Waals surface area contributed by atoms with E-state index in [1.54, 1.807) is 7.11 Å². The number of hydrogen-bond acceptors (Lipinski definition) is 6. The van der Waals surface area contributed by atoms with Gasteiger partial charge in [0.15, 0.2) is 5.75 Å². The van der Waals surface area contributed by atoms with E-state index in [0.29, 0.717) is 5.89 Å². The lowest BCUT2D eigenvalue weighted by Crippen LogP contribution is -2.05. The molecule has 1 N–H and O–H groups in total. The van der Waals surface area contributed by atoms with E-state index in [-0.39, 0.29) is 10.9 Å². The van der Waals surface area contributed by atoms with Gasteiger partial charge in [0.05, 0.1) is 13.2 Å². The van der Waals surface area contributed by atoms with Gasteiger partial charge in [0.25, 0.3) is 10.7 Å². The molecule has 5 nitrogen and oxygen atoms in total. The molecule has 0 amide bonds. The lowest BCUT2D eigenvalue weighted by molar-refractivity contribution is 0.247. The number of benzene rings is 1. The topological polar surface area (TPSA) is 60.3 Å². The number of hydrogen-bond donors (Lipinski definition) is 1. The second kappa shape index (κ2) is 5.50. The first-order chi connectivity index (χ1) is 10.1. The SMILES string of the molecule is COc1ccc2c(OC(C)C)c(-c3n[nH]c(=S)o3)sc2c1. The zero-order valence-electron chi connectivity index (χ0n) is 11.8. The molecule has 21 heavy (non-hydrogen) atoms. The fourth-order valence-electron chi connectivity index (χ4n) is 2.00. The molecule has 0 radical (unpaired) electrons. The van der Waals surface area contributed by atoms with Crippen LogP contribution in [0.2, 0.25) is 0 Å². The molecule has 0 saturated heterocycles. The minimum Gasteiger partial charge on any atom is -0.497 e. The highest BCUT2D eigenvalue weighted by Crippen LogP contribution is 2.45. The molecule has 2 heterocycles. The Morgan fingerprint density at radius 1 is 1.38 bits per heavy atom. The van der Waals surface area contributed by atoms with E-state index in [1.807, 2.05) is 32.0 Å². The van der Waals surface area contributed by atoms with E-state index >= 15 is 0 Å². The van der Waals surface area contributed by atoms with Gasteiger partial charge >= 0.3 is 0 Å². The van der Waals surface area contributed by atoms with E-state index in [0.717, 1.165) is 26.5 Å². The van der Waals surface area contributed by atoms with Crippen molar-refractivity contribution in [3.8, 4) is 22.3 Å². The van der Waals surface area contributed by atoms with Crippen LogP contribution in [-0.2, 0) is 0 Å². The summed E-state index contributed by atoms with van der Waals surface area (Å²) < 4.78 is 17.7. The molecular formula is C14H14N2O3S2. The van der Waals surface area contributed by atoms with Crippen LogP contribution in [0.4, 0.5) is 0 Å². The second-order valence-corrected chi connectivity index (χ2v) is 6.13. The number of ether oxygens (including phenoxy) is 2. The highest BCUT2D eigenvalue weighted by molar-refractivity contribution is 7.71. The van der Waals surface area contributed by atoms with Crippen molar-refractivity contribution >= 4 is 33.6 Å². The number of fused-ring (bicyclic) bond motifs is 1. The molecule has 1 aromatic carbocycles. The van der Waals surface area contributed by atoms with Crippen molar-refractivity contribution in [2.75, 3.05) is 7.11 Å². The molecule has 0 aliphatic rings. The first kappa shape index (κ1) is 14.1. The Balaban J connectivity index is 2.23. The van der Waals surface area contributed by atoms with Crippen LogP contribution in [0.5, 0.6) is 11.5 Å². The van der Waals surface area contributed by atoms with Gasteiger partial charge in [0.2, 0.25) is 0 Å². The van der Waals surface area contributed by atoms with Gasteiger partial charge in [-0.2, -0.15) is 0 Å². The highest BCUT2D eigenvalue weighted by atomic mass is 32.1. The summed E-state index contributed by atoms with van der Waals surface area (Å²) in [5, 5.41) is 7.74. The predicted molar refractivity (Wildman–Crippen MR) is 84.8 cm³/mol. The number of nitrogens with zero attached hydrogens (tertiary/aromatic N) is 1. The summed E-state index contributed by atoms with van der Waals surface area (Å²) in [6, 6.07) is 5.86. The lowest BCUT2D eigenvalue weighted by Gasteiger charge is -2.10. The summed E-state index contributed by atoms with van der Waals surface area (Å²) >= 11 is 6.48. The van der Waals surface area contributed by atoms with Crippen LogP contribution in [0.25, 0.3) is 20.9 Å². The van der Waals surface area contributed by atoms with Gasteiger partial charge in [-0.25, -0.2) is 5.10 Å². The molecule has 0 unspecified atom stereocenters. The third-order valence-corrected chi connectivity index (χ3v) is 4.13. The first-order valence-electron chi connectivity index (χ1n) is 6.41. The molecule has 0 bridgehead atoms. The lowest BCUT2D eigenvalue weighted by atomic mass is 10.2. The Labute approximate surface area is 130 Å². The maximum Gasteiger partial charge on any atom is 0.284 e. The van der Waals surface area contributed by atoms with Crippen molar-refractivity contribution in [2.24, 2.45) is 0 Å². The van der Waals surface area contributed by atoms with Gasteiger partial charge in [0, 0.05) is 10.1 Å². The number of aromatic amines is 1. The molecule has 0 saturated carbocycles. The van der Waals surface area contributed by atoms with Crippen molar-refractivity contribution in [3.63, 3.8) is 0 Å². The molecular weight excluding hydrogens is 308 g/mol. The zero-order chi connectivity index (χ0) is 15.0. The van der Waals surface area contributed by atoms with Gasteiger partial charge in [-0.05, 0) is 44.3 Å². The summed E-state index contributed by atoms with van der Waals surface area (Å²) in [6.45, 7) is 3.97. The number of nitrogens with one attached hydrogen (secondary N) is 1. The van der Waals surface area contributed by atoms with Crippen molar-refractivity contribution in [3.05, 3.63) is 23.0 Å². The van der Waals surface area contributed by atoms with Crippen molar-refractivity contribution < 1.29 is 13.9 Å². The standard InChI is InChI=1S/C14H14N2O3S2/c1-7(2)18-11-9-5-4-8(17-3)6-10(9)21-12(11)13-15-16-14(20)19-13/h4-7H,1-3H3,(H,16,20). The Hall–Kier alpha value is -1.86. The van der Waals surface area contributed by atoms with Gasteiger partial charge in [0.1, 0.15) is 10.6 Å². The minimum atomic E-state index is 0.0468. The Morgan fingerprint density at radius 3 is 2.81 bits per heavy atom. The van der Waals surface area contributed by atoms with E-state index in [2.05, 4.69) is 10.2 Å². The average Bonchev–Trinajstić information content (AvgIpc) is 3.02. The number of aromatic nitrogens is 2. The summed E-state index contributed by atoms with van der Waals surface area (Å²) in [6.07, 6.45) is 0.0468. The number of methoxy groups -OCH3 is 1. The number of H-pyrrole nitrogens is 1. The Kier molecular flexibility index (Phi) is 3.69. The molecule has 0 atom stereocenters. The summed E-state index contributed by atoms with van der Waals surface area (Å²) in [4.78, 5) is 1.06. The Morgan fingerprint density at radius 2 is 2.19 bits per heavy atom. The highest BCUT2D eigenvalue weighted by Gasteiger charge is 2.20. The van der Waals surface area contributed by atoms with Gasteiger partial charge in [-0.1, -0.05) is 0 Å². The number of rotatable bonds is 4. The van der Waals surface area contributed by atoms with Gasteiger partial charge in [-0.3, -0.25) is 0 Å². The van der Waals surface area contributed by atoms with Crippen LogP contribution in [0.15, 0.2) is 22.6 Å². The first-order valence-corrected chi connectivity index (χ1v) is 7.64. The second-order valence-electron chi connectivity index (χ2n) is 4.71. The number of thiophene rings is 1. The van der Waals surface area contributed by atoms with Crippen LogP contribution in [-0.4, -0.2) is 23.4 Å². The summed E-state index contributed by atoms with van der Waals surface area (Å²) in [7, 11) is 1.65. The third-order valence-electron chi connectivity index (χ3n) is 2.84. The largest absolute Gasteiger partial charge is 0.497 e. The maximum absolute atomic E-state index is 5.96. The molecule has 0 aliphatic carbocycles. The van der Waals surface area contributed by atoms with E-state index in [9.17, 15) is 0 Å². The monoisotopic (exact) mass is 322 g/mol. The maximum atomic E-state index is 5.96. The van der Waals surface area contributed by atoms with Crippen LogP contribution in [0.3, 0.4) is 0 Å². The molecule has 0 aliphatic heterocycles. The molecule has 3 aromatic rings. The van der Waals surface area contributed by atoms with Crippen molar-refractivity contribution in [1.82, 2.24) is 10.2 Å². The third kappa shape index (κ3) is 2.66. The van der Waals surface area contributed by atoms with Crippen LogP contribution in [0, 0.1) is 4.84 Å². The molecule has 110 valence electrons. The van der Waals surface area contributed by atoms with Crippen LogP contribution < -0.4 is 9.47 Å². The molecule has 2 aromatic heterocycles. The quantitative estimate of drug-likeness (QED) is 0.721. The van der Waals surface area contributed by atoms with Crippen molar-refractivity contribution in [1.29, 1.82) is 0 Å². The molecule has 3 rings (SSSR count). The smallest absolute Gasteiger partial charge is 0.284 e. The molecule has 7 heteroatoms. The summed E-state index contributed by atoms with van der Waals surface area (Å²) in [5.41, 5.74) is 0.